The summed E-state index contributed by atoms with van der Waals surface area (Å²) in [5.74, 6) is 0.407. The molecule has 6 heteroatoms. The molecule has 1 heterocycles. The highest BCUT2D eigenvalue weighted by molar-refractivity contribution is 6.33. The third kappa shape index (κ3) is 4.32. The lowest BCUT2D eigenvalue weighted by molar-refractivity contribution is 0.102. The van der Waals surface area contributed by atoms with Crippen LogP contribution in [0, 0.1) is 0 Å². The van der Waals surface area contributed by atoms with E-state index in [1.807, 2.05) is 61.5 Å². The molecule has 132 valence electrons. The highest BCUT2D eigenvalue weighted by Gasteiger charge is 2.08. The fourth-order valence-corrected chi connectivity index (χ4v) is 2.53. The molecule has 0 aliphatic heterocycles. The zero-order valence-electron chi connectivity index (χ0n) is 14.5. The summed E-state index contributed by atoms with van der Waals surface area (Å²) in [5, 5.41) is 6.60. The van der Waals surface area contributed by atoms with Gasteiger partial charge in [-0.15, -0.1) is 0 Å². The number of anilines is 4. The first kappa shape index (κ1) is 17.8. The quantitative estimate of drug-likeness (QED) is 0.681. The van der Waals surface area contributed by atoms with Crippen molar-refractivity contribution in [1.82, 2.24) is 4.98 Å². The molecule has 0 saturated heterocycles. The highest BCUT2D eigenvalue weighted by atomic mass is 35.5. The molecule has 0 aliphatic rings. The molecular formula is C20H19ClN4O. The molecule has 26 heavy (non-hydrogen) atoms. The van der Waals surface area contributed by atoms with Gasteiger partial charge in [0.25, 0.3) is 5.91 Å². The van der Waals surface area contributed by atoms with Crippen molar-refractivity contribution in [3.8, 4) is 0 Å². The van der Waals surface area contributed by atoms with Crippen LogP contribution in [0.3, 0.4) is 0 Å². The first-order valence-electron chi connectivity index (χ1n) is 8.09. The van der Waals surface area contributed by atoms with Crippen LogP contribution in [0.25, 0.3) is 0 Å². The van der Waals surface area contributed by atoms with Gasteiger partial charge < -0.3 is 15.5 Å². The number of rotatable bonds is 5. The molecule has 3 aromatic rings. The Morgan fingerprint density at radius 1 is 1.00 bits per heavy atom. The van der Waals surface area contributed by atoms with Gasteiger partial charge in [0.2, 0.25) is 0 Å². The first-order valence-corrected chi connectivity index (χ1v) is 8.47. The van der Waals surface area contributed by atoms with Crippen molar-refractivity contribution in [3.05, 3.63) is 77.4 Å². The van der Waals surface area contributed by atoms with Gasteiger partial charge >= 0.3 is 0 Å². The summed E-state index contributed by atoms with van der Waals surface area (Å²) in [6.45, 7) is 0. The average molecular weight is 367 g/mol. The molecule has 0 bridgehead atoms. The molecule has 1 amide bonds. The Morgan fingerprint density at radius 2 is 1.73 bits per heavy atom. The maximum Gasteiger partial charge on any atom is 0.257 e. The summed E-state index contributed by atoms with van der Waals surface area (Å²) in [6, 6.07) is 18.5. The smallest absolute Gasteiger partial charge is 0.257 e. The number of hydrogen-bond donors (Lipinski definition) is 2. The van der Waals surface area contributed by atoms with Gasteiger partial charge in [-0.05, 0) is 48.5 Å². The molecule has 0 spiro atoms. The van der Waals surface area contributed by atoms with E-state index in [0.717, 1.165) is 17.1 Å². The Bertz CT molecular complexity index is 892. The van der Waals surface area contributed by atoms with Crippen LogP contribution < -0.4 is 15.5 Å². The van der Waals surface area contributed by atoms with Crippen molar-refractivity contribution in [2.75, 3.05) is 29.6 Å². The predicted molar refractivity (Wildman–Crippen MR) is 108 cm³/mol. The first-order chi connectivity index (χ1) is 12.5. The Hall–Kier alpha value is -3.05. The summed E-state index contributed by atoms with van der Waals surface area (Å²) in [5.41, 5.74) is 3.05. The van der Waals surface area contributed by atoms with Crippen molar-refractivity contribution in [1.29, 1.82) is 0 Å². The number of nitrogens with zero attached hydrogens (tertiary/aromatic N) is 2. The topological polar surface area (TPSA) is 57.3 Å². The fraction of sp³-hybridized carbons (Fsp3) is 0.100. The lowest BCUT2D eigenvalue weighted by atomic mass is 10.2. The second kappa shape index (κ2) is 7.89. The molecule has 0 radical (unpaired) electrons. The zero-order chi connectivity index (χ0) is 18.5. The van der Waals surface area contributed by atoms with Crippen LogP contribution in [0.5, 0.6) is 0 Å². The molecule has 2 N–H and O–H groups in total. The van der Waals surface area contributed by atoms with E-state index in [2.05, 4.69) is 15.6 Å². The Labute approximate surface area is 157 Å². The molecule has 0 atom stereocenters. The van der Waals surface area contributed by atoms with Crippen LogP contribution in [0.1, 0.15) is 10.4 Å². The Balaban J connectivity index is 1.66. The van der Waals surface area contributed by atoms with E-state index >= 15 is 0 Å². The highest BCUT2D eigenvalue weighted by Crippen LogP contribution is 2.24. The van der Waals surface area contributed by atoms with Crippen LogP contribution >= 0.6 is 11.6 Å². The minimum atomic E-state index is -0.209. The largest absolute Gasteiger partial charge is 0.378 e. The predicted octanol–water partition coefficient (Wildman–Crippen LogP) is 4.80. The fourth-order valence-electron chi connectivity index (χ4n) is 2.35. The molecule has 0 unspecified atom stereocenters. The Morgan fingerprint density at radius 3 is 2.35 bits per heavy atom. The van der Waals surface area contributed by atoms with Gasteiger partial charge in [-0.2, -0.15) is 0 Å². The van der Waals surface area contributed by atoms with E-state index in [0.29, 0.717) is 16.4 Å². The molecule has 1 aromatic heterocycles. The van der Waals surface area contributed by atoms with Gasteiger partial charge in [-0.25, -0.2) is 4.98 Å². The van der Waals surface area contributed by atoms with Crippen LogP contribution in [0.4, 0.5) is 22.9 Å². The van der Waals surface area contributed by atoms with Crippen molar-refractivity contribution in [2.45, 2.75) is 0 Å². The standard InChI is InChI=1S/C20H19ClN4O/c1-25(2)16-10-8-15(9-11-16)23-20(26)14-7-12-19(22-13-14)24-18-6-4-3-5-17(18)21/h3-13H,1-2H3,(H,22,24)(H,23,26). The maximum atomic E-state index is 12.4. The molecule has 2 aromatic carbocycles. The van der Waals surface area contributed by atoms with Crippen LogP contribution in [-0.2, 0) is 0 Å². The number of amides is 1. The van der Waals surface area contributed by atoms with Crippen LogP contribution in [-0.4, -0.2) is 25.0 Å². The van der Waals surface area contributed by atoms with Crippen molar-refractivity contribution in [2.24, 2.45) is 0 Å². The molecule has 0 fully saturated rings. The Kier molecular flexibility index (Phi) is 5.39. The van der Waals surface area contributed by atoms with Gasteiger partial charge in [-0.1, -0.05) is 23.7 Å². The second-order valence-corrected chi connectivity index (χ2v) is 6.34. The third-order valence-electron chi connectivity index (χ3n) is 3.80. The minimum absolute atomic E-state index is 0.209. The lowest BCUT2D eigenvalue weighted by Crippen LogP contribution is -2.13. The van der Waals surface area contributed by atoms with E-state index in [1.54, 1.807) is 18.2 Å². The number of carbonyl (C=O) groups excluding carboxylic acids is 1. The zero-order valence-corrected chi connectivity index (χ0v) is 15.3. The number of para-hydroxylation sites is 1. The molecule has 3 rings (SSSR count). The number of benzene rings is 2. The SMILES string of the molecule is CN(C)c1ccc(NC(=O)c2ccc(Nc3ccccc3Cl)nc2)cc1. The number of nitrogens with one attached hydrogen (secondary N) is 2. The van der Waals surface area contributed by atoms with Crippen molar-refractivity contribution in [3.63, 3.8) is 0 Å². The van der Waals surface area contributed by atoms with E-state index < -0.39 is 0 Å². The van der Waals surface area contributed by atoms with Crippen LogP contribution in [0.15, 0.2) is 66.9 Å². The second-order valence-electron chi connectivity index (χ2n) is 5.93. The number of halogens is 1. The van der Waals surface area contributed by atoms with Crippen LogP contribution in [0.2, 0.25) is 5.02 Å². The lowest BCUT2D eigenvalue weighted by Gasteiger charge is -2.13. The summed E-state index contributed by atoms with van der Waals surface area (Å²) < 4.78 is 0. The van der Waals surface area contributed by atoms with Crippen molar-refractivity contribution < 1.29 is 4.79 Å². The number of carbonyl (C=O) groups is 1. The van der Waals surface area contributed by atoms with E-state index in [-0.39, 0.29) is 5.91 Å². The monoisotopic (exact) mass is 366 g/mol. The van der Waals surface area contributed by atoms with Crippen molar-refractivity contribution >= 4 is 40.4 Å². The summed E-state index contributed by atoms with van der Waals surface area (Å²) in [7, 11) is 3.94. The van der Waals surface area contributed by atoms with E-state index in [9.17, 15) is 4.79 Å². The van der Waals surface area contributed by atoms with E-state index in [1.165, 1.54) is 6.20 Å². The third-order valence-corrected chi connectivity index (χ3v) is 4.13. The molecule has 0 aliphatic carbocycles. The minimum Gasteiger partial charge on any atom is -0.378 e. The molecular weight excluding hydrogens is 348 g/mol. The van der Waals surface area contributed by atoms with E-state index in [4.69, 9.17) is 11.6 Å². The summed E-state index contributed by atoms with van der Waals surface area (Å²) >= 11 is 6.12. The maximum absolute atomic E-state index is 12.4. The van der Waals surface area contributed by atoms with Gasteiger partial charge in [-0.3, -0.25) is 4.79 Å². The molecule has 5 nitrogen and oxygen atoms in total. The summed E-state index contributed by atoms with van der Waals surface area (Å²) in [4.78, 5) is 18.6. The van der Waals surface area contributed by atoms with Gasteiger partial charge in [0.05, 0.1) is 16.3 Å². The average Bonchev–Trinajstić information content (AvgIpc) is 2.64. The van der Waals surface area contributed by atoms with Gasteiger partial charge in [0.1, 0.15) is 5.82 Å². The van der Waals surface area contributed by atoms with Gasteiger partial charge in [0, 0.05) is 31.7 Å². The number of pyridine rings is 1. The van der Waals surface area contributed by atoms with Gasteiger partial charge in [0.15, 0.2) is 0 Å². The molecule has 0 saturated carbocycles. The summed E-state index contributed by atoms with van der Waals surface area (Å²) in [6.07, 6.45) is 1.53. The normalized spacial score (nSPS) is 10.3. The number of aromatic nitrogens is 1. The number of hydrogen-bond acceptors (Lipinski definition) is 4.